The van der Waals surface area contributed by atoms with E-state index in [1.165, 1.54) is 0 Å². The lowest BCUT2D eigenvalue weighted by molar-refractivity contribution is -0.149. The highest BCUT2D eigenvalue weighted by Crippen LogP contribution is 2.49. The van der Waals surface area contributed by atoms with Crippen LogP contribution in [0.4, 0.5) is 19.2 Å². The molecule has 0 saturated carbocycles. The van der Waals surface area contributed by atoms with Gasteiger partial charge >= 0.3 is 24.4 Å². The summed E-state index contributed by atoms with van der Waals surface area (Å²) in [6.45, 7) is -2.24. The van der Waals surface area contributed by atoms with Crippen molar-refractivity contribution in [3.8, 4) is 93.9 Å². The van der Waals surface area contributed by atoms with Crippen LogP contribution in [0.3, 0.4) is 0 Å². The van der Waals surface area contributed by atoms with Gasteiger partial charge in [-0.3, -0.25) is 47.9 Å². The molecule has 0 spiro atoms. The van der Waals surface area contributed by atoms with Crippen molar-refractivity contribution < 1.29 is 86.1 Å². The molecule has 8 aromatic rings. The fourth-order valence-corrected chi connectivity index (χ4v) is 18.7. The Morgan fingerprint density at radius 1 is 0.320 bits per heavy atom. The second-order valence-corrected chi connectivity index (χ2v) is 32.1. The van der Waals surface area contributed by atoms with Gasteiger partial charge < -0.3 is 50.0 Å². The third-order valence-corrected chi connectivity index (χ3v) is 24.8. The van der Waals surface area contributed by atoms with Gasteiger partial charge in [0, 0.05) is 62.4 Å². The molecule has 0 radical (unpaired) electrons. The molecule has 14 amide bonds. The van der Waals surface area contributed by atoms with Crippen LogP contribution in [0.2, 0.25) is 0 Å². The SMILES string of the molecule is C#CC[C@H]1C(=O)N[C@@H](C)C(=O)N(C(=O)OCC2c3ccccc3-c3ccccc32)[C@@H](CC#C)C(=O)N2CCC[C@H]2C(=O)NCC(=O)N(C(=O)OCC2c3ccccc3-c3ccccc32)[C@@H](CC#C)C(=O)N[C@@H](C)C(=O)N(C(=O)OCC2c3ccccc3-c3ccccc32)[C@@H](CC#C)C(=O)N2CCC[C@H]2C(=O)NCC(=O)N1C(=O)OCC1c2ccccc2-c2ccccc21. The summed E-state index contributed by atoms with van der Waals surface area (Å²) in [5.74, 6) is -5.42. The van der Waals surface area contributed by atoms with Gasteiger partial charge in [0.25, 0.3) is 23.6 Å². The third-order valence-electron chi connectivity index (χ3n) is 24.8. The van der Waals surface area contributed by atoms with Gasteiger partial charge in [0.2, 0.25) is 35.4 Å². The third kappa shape index (κ3) is 17.1. The molecule has 128 heavy (non-hydrogen) atoms. The predicted molar refractivity (Wildman–Crippen MR) is 467 cm³/mol. The highest BCUT2D eigenvalue weighted by Gasteiger charge is 2.50. The molecule has 8 aromatic carbocycles. The minimum atomic E-state index is -2.12. The van der Waals surface area contributed by atoms with Crippen molar-refractivity contribution in [2.45, 2.75) is 137 Å². The summed E-state index contributed by atoms with van der Waals surface area (Å²) in [4.78, 5) is 220. The van der Waals surface area contributed by atoms with Crippen LogP contribution in [0, 0.1) is 49.4 Å². The monoisotopic (exact) mass is 1720 g/mol. The number of terminal acetylenes is 4. The minimum Gasteiger partial charge on any atom is -0.448 e. The Kier molecular flexibility index (Phi) is 26.2. The highest BCUT2D eigenvalue weighted by molar-refractivity contribution is 6.07. The number of hydrogen-bond acceptors (Lipinski definition) is 18. The Hall–Kier alpha value is -15.4. The van der Waals surface area contributed by atoms with Crippen LogP contribution in [0.25, 0.3) is 44.5 Å². The highest BCUT2D eigenvalue weighted by atomic mass is 16.6. The average Bonchev–Trinajstić information content (AvgIpc) is 1.62. The van der Waals surface area contributed by atoms with Gasteiger partial charge in [0.1, 0.15) is 74.8 Å². The number of carbonyl (C=O) groups excluding carboxylic acids is 14. The second kappa shape index (κ2) is 38.4. The molecule has 0 aromatic heterocycles. The van der Waals surface area contributed by atoms with Gasteiger partial charge in [-0.1, -0.05) is 194 Å². The molecule has 7 aliphatic rings. The van der Waals surface area contributed by atoms with Crippen molar-refractivity contribution in [1.82, 2.24) is 50.7 Å². The summed E-state index contributed by atoms with van der Waals surface area (Å²) in [6, 6.07) is 43.6. The average molecular weight is 1720 g/mol. The number of hydrogen-bond donors (Lipinski definition) is 4. The van der Waals surface area contributed by atoms with E-state index in [0.717, 1.165) is 113 Å². The first-order valence-electron chi connectivity index (χ1n) is 42.3. The molecule has 3 aliphatic heterocycles. The Balaban J connectivity index is 0.794. The Morgan fingerprint density at radius 3 is 0.789 bits per heavy atom. The van der Waals surface area contributed by atoms with Crippen LogP contribution in [0.1, 0.15) is 133 Å². The van der Waals surface area contributed by atoms with Crippen molar-refractivity contribution in [3.63, 3.8) is 0 Å². The molecule has 0 bridgehead atoms. The molecule has 4 N–H and O–H groups in total. The van der Waals surface area contributed by atoms with E-state index in [1.54, 1.807) is 48.5 Å². The van der Waals surface area contributed by atoms with Crippen molar-refractivity contribution >= 4 is 83.4 Å². The smallest absolute Gasteiger partial charge is 0.417 e. The number of ether oxygens (including phenoxy) is 4. The van der Waals surface area contributed by atoms with Gasteiger partial charge in [-0.25, -0.2) is 38.8 Å². The quantitative estimate of drug-likeness (QED) is 0.0652. The summed E-state index contributed by atoms with van der Waals surface area (Å²) in [6.07, 6.45) is 15.2. The molecular formula is C100H90N10O18. The Morgan fingerprint density at radius 2 is 0.547 bits per heavy atom. The number of nitrogens with zero attached hydrogens (tertiary/aromatic N) is 6. The first kappa shape index (κ1) is 87.5. The molecule has 3 fully saturated rings. The second-order valence-electron chi connectivity index (χ2n) is 32.1. The number of imide groups is 4. The van der Waals surface area contributed by atoms with E-state index in [1.807, 2.05) is 146 Å². The fourth-order valence-electron chi connectivity index (χ4n) is 18.7. The van der Waals surface area contributed by atoms with E-state index < -0.39 is 221 Å². The Labute approximate surface area is 738 Å². The van der Waals surface area contributed by atoms with E-state index in [-0.39, 0.29) is 38.8 Å². The van der Waals surface area contributed by atoms with Gasteiger partial charge in [0.15, 0.2) is 0 Å². The molecule has 0 unspecified atom stereocenters. The first-order chi connectivity index (χ1) is 62.1. The van der Waals surface area contributed by atoms with Gasteiger partial charge in [-0.2, -0.15) is 0 Å². The number of rotatable bonds is 12. The molecule has 28 nitrogen and oxygen atoms in total. The fraction of sp³-hybridized carbons (Fsp3) is 0.300. The van der Waals surface area contributed by atoms with Crippen LogP contribution in [0.5, 0.6) is 0 Å². The van der Waals surface area contributed by atoms with Gasteiger partial charge in [-0.05, 0) is 129 Å². The standard InChI is InChI=1S/C100H90N10O18/c1-7-29-83-91(115)103-59(5)93(117)109(99(123)127-57-79-73-45-23-15-37-65(73)66-38-16-24-46-74(66)79)85(31-9-3)95(119)106-52-28-50-82(106)90(114)102-54-88(112)108(98(122)126-56-78-71-43-21-13-35-63(71)64-36-14-22-44-72(64)78)84(30-8-2)92(116)104-60(6)94(118)110(100(124)128-58-80-75-47-25-17-39-67(75)68-40-18-26-48-76(68)80)86(32-10-4)96(120)105-51-27-49-81(105)89(113)101-53-87(111)107(83)97(121)125-55-77-69-41-19-11-33-61(69)62-34-12-20-42-70(62)77/h1-4,11-26,33-48,59-60,77-86H,27-32,49-58H2,5-6H3,(H,101,113)(H,102,114)(H,103,115)(H,104,116)/t59-,60-,81-,82-,83-,84-,85-,86-/m0/s1. The van der Waals surface area contributed by atoms with Crippen LogP contribution >= 0.6 is 0 Å². The number of amides is 14. The van der Waals surface area contributed by atoms with E-state index >= 15 is 67.1 Å². The zero-order valence-corrected chi connectivity index (χ0v) is 70.1. The topological polar surface area (TPSA) is 343 Å². The lowest BCUT2D eigenvalue weighted by Gasteiger charge is -2.35. The van der Waals surface area contributed by atoms with Crippen molar-refractivity contribution in [1.29, 1.82) is 0 Å². The molecule has 8 atom stereocenters. The summed E-state index contributed by atoms with van der Waals surface area (Å²) in [5, 5.41) is 9.97. The summed E-state index contributed by atoms with van der Waals surface area (Å²) >= 11 is 0. The maximum atomic E-state index is 15.8. The van der Waals surface area contributed by atoms with Crippen molar-refractivity contribution in [2.75, 3.05) is 52.6 Å². The molecule has 15 rings (SSSR count). The van der Waals surface area contributed by atoms with Crippen LogP contribution in [-0.4, -0.2) is 214 Å². The van der Waals surface area contributed by atoms with Crippen LogP contribution in [0.15, 0.2) is 194 Å². The summed E-state index contributed by atoms with van der Waals surface area (Å²) < 4.78 is 24.3. The normalized spacial score (nSPS) is 21.2. The van der Waals surface area contributed by atoms with Gasteiger partial charge in [-0.15, -0.1) is 49.4 Å². The lowest BCUT2D eigenvalue weighted by atomic mass is 9.98. The van der Waals surface area contributed by atoms with Gasteiger partial charge in [0.05, 0.1) is 13.1 Å². The lowest BCUT2D eigenvalue weighted by Crippen LogP contribution is -2.62. The number of fused-ring (bicyclic) bond motifs is 14. The number of nitrogens with one attached hydrogen (secondary N) is 4. The van der Waals surface area contributed by atoms with E-state index in [2.05, 4.69) is 44.9 Å². The molecule has 3 heterocycles. The predicted octanol–water partition coefficient (Wildman–Crippen LogP) is 9.90. The minimum absolute atomic E-state index is 0.0907. The summed E-state index contributed by atoms with van der Waals surface area (Å²) in [5.41, 5.74) is 12.7. The summed E-state index contributed by atoms with van der Waals surface area (Å²) in [7, 11) is 0. The number of benzene rings is 8. The first-order valence-corrected chi connectivity index (χ1v) is 42.3. The zero-order valence-electron chi connectivity index (χ0n) is 70.1. The Bertz CT molecular complexity index is 5470. The van der Waals surface area contributed by atoms with Crippen LogP contribution in [-0.2, 0) is 66.9 Å². The molecule has 4 aliphatic carbocycles. The van der Waals surface area contributed by atoms with Crippen molar-refractivity contribution in [3.05, 3.63) is 239 Å². The maximum Gasteiger partial charge on any atom is 0.417 e. The number of carbonyl (C=O) groups is 14. The van der Waals surface area contributed by atoms with Crippen molar-refractivity contribution in [2.24, 2.45) is 0 Å². The molecule has 648 valence electrons. The van der Waals surface area contributed by atoms with Crippen LogP contribution < -0.4 is 21.3 Å². The van der Waals surface area contributed by atoms with E-state index in [4.69, 9.17) is 44.6 Å². The molecule has 3 saturated heterocycles. The van der Waals surface area contributed by atoms with E-state index in [0.29, 0.717) is 19.6 Å². The largest absolute Gasteiger partial charge is 0.448 e. The maximum absolute atomic E-state index is 15.8. The zero-order chi connectivity index (χ0) is 90.1. The van der Waals surface area contributed by atoms with E-state index in [9.17, 15) is 0 Å². The molecular weight excluding hydrogens is 1630 g/mol. The molecule has 28 heteroatoms.